The minimum Gasteiger partial charge on any atom is -0.497 e. The van der Waals surface area contributed by atoms with Gasteiger partial charge >= 0.3 is 6.09 Å². The van der Waals surface area contributed by atoms with E-state index in [9.17, 15) is 22.8 Å². The molecular weight excluding hydrogens is 779 g/mol. The van der Waals surface area contributed by atoms with Crippen molar-refractivity contribution in [3.05, 3.63) is 36.4 Å². The molecule has 0 bridgehead atoms. The Morgan fingerprint density at radius 1 is 1.03 bits per heavy atom. The first-order chi connectivity index (χ1) is 28.0. The number of aromatic nitrogens is 4. The number of sulfonamides is 1. The molecule has 4 amide bonds. The third kappa shape index (κ3) is 11.0. The molecule has 324 valence electrons. The monoisotopic (exact) mass is 839 g/mol. The second-order valence-electron chi connectivity index (χ2n) is 17.7. The maximum Gasteiger partial charge on any atom is 0.408 e. The van der Waals surface area contributed by atoms with Gasteiger partial charge in [0, 0.05) is 17.9 Å². The lowest BCUT2D eigenvalue weighted by atomic mass is 10.0. The summed E-state index contributed by atoms with van der Waals surface area (Å²) in [5.41, 5.74) is -1.65. The van der Waals surface area contributed by atoms with Crippen LogP contribution in [0.5, 0.6) is 5.75 Å². The Bertz CT molecular complexity index is 1960. The van der Waals surface area contributed by atoms with Gasteiger partial charge in [-0.05, 0) is 122 Å². The van der Waals surface area contributed by atoms with E-state index < -0.39 is 80.3 Å². The van der Waals surface area contributed by atoms with Gasteiger partial charge in [-0.1, -0.05) is 37.8 Å². The highest BCUT2D eigenvalue weighted by Crippen LogP contribution is 2.47. The number of unbranched alkanes of at least 4 members (excludes halogenated alkanes) is 2. The van der Waals surface area contributed by atoms with Gasteiger partial charge < -0.3 is 29.9 Å². The fourth-order valence-electron chi connectivity index (χ4n) is 8.13. The van der Waals surface area contributed by atoms with Gasteiger partial charge in [0.15, 0.2) is 0 Å². The average molecular weight is 840 g/mol. The second kappa shape index (κ2) is 18.4. The first-order valence-electron chi connectivity index (χ1n) is 21.0. The number of benzene rings is 1. The molecule has 2 aliphatic heterocycles. The zero-order valence-electron chi connectivity index (χ0n) is 35.2. The van der Waals surface area contributed by atoms with Crippen LogP contribution >= 0.6 is 0 Å². The summed E-state index contributed by atoms with van der Waals surface area (Å²) in [6.45, 7) is 6.12. The first kappa shape index (κ1) is 44.0. The molecule has 1 saturated heterocycles. The standard InChI is InChI=1S/C41H61N9O8S/c1-40(2,3)58-39(54)42-31-16-12-9-7-8-11-15-28-26-41(28,38(53)46-59(55,56)30-22-23-30)43-36(51)34-25-33(32(49(34)37(31)52)17-13-10-14-24-48(4)5)50-45-35(44-47-50)27-18-20-29(57-6)21-19-27/h11,15,18-21,28,30-34H,7-10,12-14,16-17,22-26H2,1-6H3,(H,42,54)(H,43,51)(H,46,53)/b15-11-/t28?,31?,32-,33+,34?,41?/m0/s1. The Balaban J connectivity index is 1.39. The molecule has 18 heteroatoms. The minimum atomic E-state index is -3.92. The molecule has 3 heterocycles. The highest BCUT2D eigenvalue weighted by atomic mass is 32.2. The number of tetrazole rings is 1. The van der Waals surface area contributed by atoms with Crippen molar-refractivity contribution in [1.29, 1.82) is 0 Å². The number of fused-ring (bicyclic) bond motifs is 2. The van der Waals surface area contributed by atoms with E-state index in [2.05, 4.69) is 30.6 Å². The predicted molar refractivity (Wildman–Crippen MR) is 219 cm³/mol. The van der Waals surface area contributed by atoms with Crippen LogP contribution in [-0.4, -0.2) is 125 Å². The zero-order valence-corrected chi connectivity index (χ0v) is 36.0. The molecule has 1 aromatic carbocycles. The van der Waals surface area contributed by atoms with Crippen LogP contribution in [0.15, 0.2) is 36.4 Å². The second-order valence-corrected chi connectivity index (χ2v) is 19.6. The Kier molecular flexibility index (Phi) is 13.7. The largest absolute Gasteiger partial charge is 0.497 e. The van der Waals surface area contributed by atoms with Crippen molar-refractivity contribution in [2.45, 2.75) is 145 Å². The summed E-state index contributed by atoms with van der Waals surface area (Å²) in [5, 5.41) is 18.8. The molecule has 2 saturated carbocycles. The number of methoxy groups -OCH3 is 1. The summed E-state index contributed by atoms with van der Waals surface area (Å²) >= 11 is 0. The van der Waals surface area contributed by atoms with Gasteiger partial charge in [0.25, 0.3) is 5.91 Å². The lowest BCUT2D eigenvalue weighted by Crippen LogP contribution is -2.59. The van der Waals surface area contributed by atoms with Gasteiger partial charge in [-0.2, -0.15) is 4.80 Å². The van der Waals surface area contributed by atoms with Gasteiger partial charge in [-0.3, -0.25) is 19.1 Å². The number of amides is 4. The summed E-state index contributed by atoms with van der Waals surface area (Å²) in [5.74, 6) is -1.27. The van der Waals surface area contributed by atoms with Crippen molar-refractivity contribution >= 4 is 33.8 Å². The third-order valence-electron chi connectivity index (χ3n) is 11.5. The Morgan fingerprint density at radius 2 is 1.78 bits per heavy atom. The van der Waals surface area contributed by atoms with E-state index in [4.69, 9.17) is 14.6 Å². The SMILES string of the molecule is COc1ccc(-c2nnn([C@@H]3CC4C(=O)NC5(C(=O)NS(=O)(=O)C6CC6)CC5/C=C\CCCCCC(NC(=O)OC(C)(C)C)C(=O)N4[C@H]3CCCCCN(C)C)n2)cc1. The number of nitrogens with zero attached hydrogens (tertiary/aromatic N) is 6. The van der Waals surface area contributed by atoms with Crippen molar-refractivity contribution in [3.8, 4) is 17.1 Å². The van der Waals surface area contributed by atoms with Crippen LogP contribution in [0.4, 0.5) is 4.79 Å². The number of allylic oxidation sites excluding steroid dienone is 1. The third-order valence-corrected chi connectivity index (χ3v) is 13.3. The van der Waals surface area contributed by atoms with Crippen LogP contribution in [0.1, 0.15) is 110 Å². The Morgan fingerprint density at radius 3 is 2.46 bits per heavy atom. The zero-order chi connectivity index (χ0) is 42.5. The van der Waals surface area contributed by atoms with Gasteiger partial charge in [0.2, 0.25) is 27.7 Å². The molecule has 17 nitrogen and oxygen atoms in total. The van der Waals surface area contributed by atoms with Crippen molar-refractivity contribution < 1.29 is 37.1 Å². The normalized spacial score (nSPS) is 27.1. The number of hydrogen-bond acceptors (Lipinski definition) is 12. The van der Waals surface area contributed by atoms with Crippen LogP contribution in [-0.2, 0) is 29.1 Å². The van der Waals surface area contributed by atoms with Gasteiger partial charge in [-0.25, -0.2) is 13.2 Å². The minimum absolute atomic E-state index is 0.0794. The van der Waals surface area contributed by atoms with Crippen LogP contribution < -0.4 is 20.1 Å². The molecule has 6 atom stereocenters. The maximum atomic E-state index is 15.2. The molecule has 0 spiro atoms. The fraction of sp³-hybridized carbons (Fsp3) is 0.683. The van der Waals surface area contributed by atoms with Crippen LogP contribution in [0.3, 0.4) is 0 Å². The number of alkyl carbamates (subject to hydrolysis) is 1. The highest BCUT2D eigenvalue weighted by Gasteiger charge is 2.62. The van der Waals surface area contributed by atoms with E-state index in [1.807, 2.05) is 38.4 Å². The van der Waals surface area contributed by atoms with Gasteiger partial charge in [0.05, 0.1) is 24.4 Å². The highest BCUT2D eigenvalue weighted by molar-refractivity contribution is 7.91. The molecule has 4 unspecified atom stereocenters. The van der Waals surface area contributed by atoms with Crippen molar-refractivity contribution in [2.24, 2.45) is 5.92 Å². The van der Waals surface area contributed by atoms with E-state index in [1.165, 1.54) is 4.80 Å². The number of nitrogens with one attached hydrogen (secondary N) is 3. The fourth-order valence-corrected chi connectivity index (χ4v) is 9.49. The lowest BCUT2D eigenvalue weighted by molar-refractivity contribution is -0.143. The van der Waals surface area contributed by atoms with E-state index in [0.717, 1.165) is 38.6 Å². The summed E-state index contributed by atoms with van der Waals surface area (Å²) in [6, 6.07) is 3.85. The Labute approximate surface area is 347 Å². The molecule has 2 aromatic rings. The molecule has 59 heavy (non-hydrogen) atoms. The van der Waals surface area contributed by atoms with E-state index in [0.29, 0.717) is 55.7 Å². The Hall–Kier alpha value is -4.58. The molecule has 1 aromatic heterocycles. The van der Waals surface area contributed by atoms with Crippen molar-refractivity contribution in [3.63, 3.8) is 0 Å². The van der Waals surface area contributed by atoms with E-state index in [1.54, 1.807) is 44.9 Å². The van der Waals surface area contributed by atoms with E-state index >= 15 is 4.79 Å². The molecular formula is C41H61N9O8S. The summed E-state index contributed by atoms with van der Waals surface area (Å²) < 4.78 is 39.2. The number of hydrogen-bond donors (Lipinski definition) is 3. The molecule has 4 aliphatic rings. The molecule has 3 N–H and O–H groups in total. The number of rotatable bonds is 13. The predicted octanol–water partition coefficient (Wildman–Crippen LogP) is 3.88. The van der Waals surface area contributed by atoms with Gasteiger partial charge in [-0.15, -0.1) is 10.2 Å². The number of carbonyl (C=O) groups excluding carboxylic acids is 4. The smallest absolute Gasteiger partial charge is 0.408 e. The van der Waals surface area contributed by atoms with E-state index in [-0.39, 0.29) is 12.8 Å². The number of carbonyl (C=O) groups is 4. The van der Waals surface area contributed by atoms with Crippen LogP contribution in [0, 0.1) is 5.92 Å². The molecule has 3 fully saturated rings. The summed E-state index contributed by atoms with van der Waals surface area (Å²) in [4.78, 5) is 62.4. The average Bonchev–Trinajstić information content (AvgIpc) is 4.06. The van der Waals surface area contributed by atoms with Gasteiger partial charge in [0.1, 0.15) is 29.0 Å². The quantitative estimate of drug-likeness (QED) is 0.194. The summed E-state index contributed by atoms with van der Waals surface area (Å²) in [6.07, 6.45) is 10.5. The lowest BCUT2D eigenvalue weighted by Gasteiger charge is -2.35. The topological polar surface area (TPSA) is 207 Å². The van der Waals surface area contributed by atoms with Crippen molar-refractivity contribution in [2.75, 3.05) is 27.7 Å². The van der Waals surface area contributed by atoms with Crippen LogP contribution in [0.25, 0.3) is 11.4 Å². The van der Waals surface area contributed by atoms with Crippen molar-refractivity contribution in [1.82, 2.24) is 45.4 Å². The first-order valence-corrected chi connectivity index (χ1v) is 22.5. The van der Waals surface area contributed by atoms with Crippen LogP contribution in [0.2, 0.25) is 0 Å². The molecule has 6 rings (SSSR count). The summed E-state index contributed by atoms with van der Waals surface area (Å²) in [7, 11) is 1.69. The molecule has 2 aliphatic carbocycles. The maximum absolute atomic E-state index is 15.2. The molecule has 0 radical (unpaired) electrons. The number of ether oxygens (including phenoxy) is 2.